The van der Waals surface area contributed by atoms with Crippen molar-refractivity contribution in [2.45, 2.75) is 32.7 Å². The van der Waals surface area contributed by atoms with Gasteiger partial charge in [-0.1, -0.05) is 6.07 Å². The van der Waals surface area contributed by atoms with Gasteiger partial charge in [0.15, 0.2) is 0 Å². The molecule has 0 bridgehead atoms. The van der Waals surface area contributed by atoms with Gasteiger partial charge in [0.1, 0.15) is 5.82 Å². The normalized spacial score (nSPS) is 12.9. The van der Waals surface area contributed by atoms with Crippen molar-refractivity contribution in [3.63, 3.8) is 0 Å². The van der Waals surface area contributed by atoms with Crippen LogP contribution in [-0.2, 0) is 6.42 Å². The van der Waals surface area contributed by atoms with Gasteiger partial charge in [-0.25, -0.2) is 4.39 Å². The van der Waals surface area contributed by atoms with E-state index in [0.717, 1.165) is 18.4 Å². The molecule has 0 aromatic heterocycles. The molecule has 1 aromatic rings. The lowest BCUT2D eigenvalue weighted by Gasteiger charge is -2.11. The molecule has 1 atom stereocenters. The van der Waals surface area contributed by atoms with E-state index >= 15 is 0 Å². The van der Waals surface area contributed by atoms with Gasteiger partial charge in [-0.3, -0.25) is 0 Å². The van der Waals surface area contributed by atoms with Gasteiger partial charge >= 0.3 is 0 Å². The molecule has 0 amide bonds. The molecule has 0 spiro atoms. The van der Waals surface area contributed by atoms with Crippen LogP contribution in [0.3, 0.4) is 0 Å². The number of rotatable bonds is 4. The summed E-state index contributed by atoms with van der Waals surface area (Å²) in [5.41, 5.74) is 2.29. The zero-order chi connectivity index (χ0) is 10.6. The molecule has 2 heteroatoms. The molecule has 0 aliphatic carbocycles. The van der Waals surface area contributed by atoms with E-state index in [9.17, 15) is 4.39 Å². The van der Waals surface area contributed by atoms with Gasteiger partial charge in [0.25, 0.3) is 0 Å². The lowest BCUT2D eigenvalue weighted by Crippen LogP contribution is -2.21. The van der Waals surface area contributed by atoms with E-state index in [-0.39, 0.29) is 5.82 Å². The molecule has 0 saturated heterocycles. The van der Waals surface area contributed by atoms with Gasteiger partial charge in [0.05, 0.1) is 0 Å². The predicted octanol–water partition coefficient (Wildman–Crippen LogP) is 2.67. The first-order chi connectivity index (χ1) is 6.63. The Morgan fingerprint density at radius 1 is 1.43 bits per heavy atom. The highest BCUT2D eigenvalue weighted by atomic mass is 19.1. The van der Waals surface area contributed by atoms with Crippen molar-refractivity contribution >= 4 is 0 Å². The first-order valence-corrected chi connectivity index (χ1v) is 5.05. The van der Waals surface area contributed by atoms with Gasteiger partial charge in [-0.15, -0.1) is 0 Å². The molecule has 1 N–H and O–H groups in total. The zero-order valence-electron chi connectivity index (χ0n) is 9.10. The second kappa shape index (κ2) is 5.11. The molecule has 0 fully saturated rings. The van der Waals surface area contributed by atoms with Crippen molar-refractivity contribution in [1.82, 2.24) is 5.32 Å². The van der Waals surface area contributed by atoms with Crippen molar-refractivity contribution < 1.29 is 4.39 Å². The minimum absolute atomic E-state index is 0.136. The maximum atomic E-state index is 12.9. The second-order valence-corrected chi connectivity index (χ2v) is 3.80. The first kappa shape index (κ1) is 11.2. The topological polar surface area (TPSA) is 12.0 Å². The van der Waals surface area contributed by atoms with Crippen molar-refractivity contribution in [3.8, 4) is 0 Å². The van der Waals surface area contributed by atoms with Gasteiger partial charge < -0.3 is 5.32 Å². The Hall–Kier alpha value is -0.890. The Bertz CT molecular complexity index is 296. The molecule has 0 saturated carbocycles. The van der Waals surface area contributed by atoms with Crippen molar-refractivity contribution in [3.05, 3.63) is 35.1 Å². The van der Waals surface area contributed by atoms with Gasteiger partial charge in [0, 0.05) is 6.04 Å². The summed E-state index contributed by atoms with van der Waals surface area (Å²) in [5, 5.41) is 3.18. The van der Waals surface area contributed by atoms with Crippen LogP contribution in [0.25, 0.3) is 0 Å². The maximum absolute atomic E-state index is 12.9. The summed E-state index contributed by atoms with van der Waals surface area (Å²) in [5.74, 6) is -0.136. The van der Waals surface area contributed by atoms with E-state index in [1.54, 1.807) is 6.07 Å². The van der Waals surface area contributed by atoms with Crippen LogP contribution >= 0.6 is 0 Å². The van der Waals surface area contributed by atoms with Crippen LogP contribution in [0.2, 0.25) is 0 Å². The molecule has 1 unspecified atom stereocenters. The molecule has 1 rings (SSSR count). The fourth-order valence-corrected chi connectivity index (χ4v) is 1.43. The van der Waals surface area contributed by atoms with Crippen LogP contribution in [0.5, 0.6) is 0 Å². The Morgan fingerprint density at radius 2 is 2.14 bits per heavy atom. The lowest BCUT2D eigenvalue weighted by atomic mass is 10.0. The van der Waals surface area contributed by atoms with E-state index in [2.05, 4.69) is 12.2 Å². The third kappa shape index (κ3) is 3.11. The summed E-state index contributed by atoms with van der Waals surface area (Å²) in [6.07, 6.45) is 1.98. The molecule has 1 nitrogen and oxygen atoms in total. The quantitative estimate of drug-likeness (QED) is 0.779. The van der Waals surface area contributed by atoms with E-state index in [1.165, 1.54) is 11.6 Å². The number of halogens is 1. The molecular formula is C12H18FN. The fourth-order valence-electron chi connectivity index (χ4n) is 1.43. The minimum atomic E-state index is -0.136. The molecule has 0 aliphatic rings. The summed E-state index contributed by atoms with van der Waals surface area (Å²) in [6.45, 7) is 4.16. The monoisotopic (exact) mass is 195 g/mol. The number of aryl methyl sites for hydroxylation is 2. The summed E-state index contributed by atoms with van der Waals surface area (Å²) in [4.78, 5) is 0. The summed E-state index contributed by atoms with van der Waals surface area (Å²) < 4.78 is 12.9. The Balaban J connectivity index is 2.62. The average Bonchev–Trinajstić information content (AvgIpc) is 2.19. The summed E-state index contributed by atoms with van der Waals surface area (Å²) in [7, 11) is 1.95. The van der Waals surface area contributed by atoms with Crippen LogP contribution in [0.15, 0.2) is 18.2 Å². The number of hydrogen-bond donors (Lipinski definition) is 1. The summed E-state index contributed by atoms with van der Waals surface area (Å²) >= 11 is 0. The largest absolute Gasteiger partial charge is 0.317 e. The molecule has 14 heavy (non-hydrogen) atoms. The van der Waals surface area contributed by atoms with Gasteiger partial charge in [-0.2, -0.15) is 0 Å². The maximum Gasteiger partial charge on any atom is 0.123 e. The SMILES string of the molecule is CNC(C)CCc1cc(F)ccc1C. The highest BCUT2D eigenvalue weighted by Crippen LogP contribution is 2.13. The molecule has 1 aromatic carbocycles. The predicted molar refractivity (Wildman–Crippen MR) is 58.0 cm³/mol. The molecular weight excluding hydrogens is 177 g/mol. The van der Waals surface area contributed by atoms with Gasteiger partial charge in [-0.05, 0) is 57.0 Å². The number of benzene rings is 1. The molecule has 0 radical (unpaired) electrons. The second-order valence-electron chi connectivity index (χ2n) is 3.80. The molecule has 78 valence electrons. The van der Waals surface area contributed by atoms with Crippen molar-refractivity contribution in [1.29, 1.82) is 0 Å². The third-order valence-electron chi connectivity index (χ3n) is 2.65. The van der Waals surface area contributed by atoms with E-state index in [1.807, 2.05) is 20.0 Å². The molecule has 0 heterocycles. The van der Waals surface area contributed by atoms with Gasteiger partial charge in [0.2, 0.25) is 0 Å². The van der Waals surface area contributed by atoms with Crippen LogP contribution in [-0.4, -0.2) is 13.1 Å². The first-order valence-electron chi connectivity index (χ1n) is 5.05. The number of nitrogens with one attached hydrogen (secondary N) is 1. The molecule has 0 aliphatic heterocycles. The van der Waals surface area contributed by atoms with Crippen molar-refractivity contribution in [2.24, 2.45) is 0 Å². The minimum Gasteiger partial charge on any atom is -0.317 e. The zero-order valence-corrected chi connectivity index (χ0v) is 9.10. The Kier molecular flexibility index (Phi) is 4.08. The van der Waals surface area contributed by atoms with E-state index in [4.69, 9.17) is 0 Å². The number of hydrogen-bond acceptors (Lipinski definition) is 1. The average molecular weight is 195 g/mol. The van der Waals surface area contributed by atoms with Crippen LogP contribution in [0.1, 0.15) is 24.5 Å². The fraction of sp³-hybridized carbons (Fsp3) is 0.500. The highest BCUT2D eigenvalue weighted by molar-refractivity contribution is 5.26. The highest BCUT2D eigenvalue weighted by Gasteiger charge is 2.03. The summed E-state index contributed by atoms with van der Waals surface area (Å²) in [6, 6.07) is 5.48. The van der Waals surface area contributed by atoms with Crippen LogP contribution in [0, 0.1) is 12.7 Å². The third-order valence-corrected chi connectivity index (χ3v) is 2.65. The van der Waals surface area contributed by atoms with E-state index in [0.29, 0.717) is 6.04 Å². The Labute approximate surface area is 85.3 Å². The lowest BCUT2D eigenvalue weighted by molar-refractivity contribution is 0.561. The standard InChI is InChI=1S/C12H18FN/c1-9-4-7-12(13)8-11(9)6-5-10(2)14-3/h4,7-8,10,14H,5-6H2,1-3H3. The van der Waals surface area contributed by atoms with Crippen molar-refractivity contribution in [2.75, 3.05) is 7.05 Å². The smallest absolute Gasteiger partial charge is 0.123 e. The van der Waals surface area contributed by atoms with E-state index < -0.39 is 0 Å². The van der Waals surface area contributed by atoms with Crippen LogP contribution in [0.4, 0.5) is 4.39 Å². The van der Waals surface area contributed by atoms with Crippen LogP contribution < -0.4 is 5.32 Å². The Morgan fingerprint density at radius 3 is 2.79 bits per heavy atom.